The first-order valence-electron chi connectivity index (χ1n) is 4.68. The fraction of sp³-hybridized carbons (Fsp3) is 0.400. The summed E-state index contributed by atoms with van der Waals surface area (Å²) in [6.45, 7) is 0.671. The Bertz CT molecular complexity index is 388. The summed E-state index contributed by atoms with van der Waals surface area (Å²) in [6.07, 6.45) is -4.32. The van der Waals surface area contributed by atoms with Gasteiger partial charge < -0.3 is 4.90 Å². The third-order valence-electron chi connectivity index (χ3n) is 2.37. The molecule has 0 saturated carbocycles. The summed E-state index contributed by atoms with van der Waals surface area (Å²) in [5, 5.41) is 0. The lowest BCUT2D eigenvalue weighted by Gasteiger charge is -2.22. The molecule has 0 bridgehead atoms. The Kier molecular flexibility index (Phi) is 3.39. The van der Waals surface area contributed by atoms with Gasteiger partial charge in [0, 0.05) is 16.8 Å². The number of hydrogen-bond acceptors (Lipinski definition) is 2. The molecule has 88 valence electrons. The Morgan fingerprint density at radius 3 is 2.62 bits per heavy atom. The number of thioether (sulfide) groups is 1. The van der Waals surface area contributed by atoms with Crippen molar-refractivity contribution in [3.8, 4) is 0 Å². The normalized spacial score (nSPS) is 16.9. The van der Waals surface area contributed by atoms with Gasteiger partial charge in [-0.1, -0.05) is 22.0 Å². The molecule has 0 radical (unpaired) electrons. The Morgan fingerprint density at radius 1 is 1.31 bits per heavy atom. The van der Waals surface area contributed by atoms with Gasteiger partial charge in [0.15, 0.2) is 0 Å². The van der Waals surface area contributed by atoms with Gasteiger partial charge in [0.2, 0.25) is 0 Å². The third-order valence-corrected chi connectivity index (χ3v) is 3.99. The molecule has 0 aromatic heterocycles. The molecule has 16 heavy (non-hydrogen) atoms. The summed E-state index contributed by atoms with van der Waals surface area (Å²) in [6, 6.07) is 4.59. The first-order valence-corrected chi connectivity index (χ1v) is 6.63. The fourth-order valence-electron chi connectivity index (χ4n) is 1.66. The number of alkyl halides is 3. The summed E-state index contributed by atoms with van der Waals surface area (Å²) in [7, 11) is 0. The van der Waals surface area contributed by atoms with Crippen molar-refractivity contribution in [1.82, 2.24) is 0 Å². The molecular formula is C10H9BrF3NS. The average molecular weight is 312 g/mol. The minimum atomic E-state index is -4.32. The maximum absolute atomic E-state index is 12.9. The van der Waals surface area contributed by atoms with Gasteiger partial charge in [-0.2, -0.15) is 13.2 Å². The molecule has 1 fully saturated rings. The number of halogens is 4. The molecule has 0 unspecified atom stereocenters. The second kappa shape index (κ2) is 4.49. The summed E-state index contributed by atoms with van der Waals surface area (Å²) in [4.78, 5) is 1.76. The van der Waals surface area contributed by atoms with Gasteiger partial charge in [-0.25, -0.2) is 0 Å². The summed E-state index contributed by atoms with van der Waals surface area (Å²) in [5.74, 6) is 1.50. The van der Waals surface area contributed by atoms with Crippen LogP contribution in [0, 0.1) is 0 Å². The van der Waals surface area contributed by atoms with E-state index in [9.17, 15) is 13.2 Å². The largest absolute Gasteiger partial charge is 0.419 e. The van der Waals surface area contributed by atoms with Crippen molar-refractivity contribution in [2.24, 2.45) is 0 Å². The molecule has 1 saturated heterocycles. The SMILES string of the molecule is FC(F)(F)c1c(Br)cccc1N1CCSC1. The van der Waals surface area contributed by atoms with Gasteiger partial charge in [-0.3, -0.25) is 0 Å². The number of hydrogen-bond donors (Lipinski definition) is 0. The third kappa shape index (κ3) is 2.32. The first kappa shape index (κ1) is 12.1. The van der Waals surface area contributed by atoms with Gasteiger partial charge in [-0.05, 0) is 12.1 Å². The maximum atomic E-state index is 12.9. The molecule has 1 aliphatic heterocycles. The number of anilines is 1. The van der Waals surface area contributed by atoms with Crippen molar-refractivity contribution in [2.75, 3.05) is 23.1 Å². The lowest BCUT2D eigenvalue weighted by Crippen LogP contribution is -2.22. The summed E-state index contributed by atoms with van der Waals surface area (Å²) < 4.78 is 38.8. The van der Waals surface area contributed by atoms with Crippen LogP contribution in [0.15, 0.2) is 22.7 Å². The minimum Gasteiger partial charge on any atom is -0.361 e. The van der Waals surface area contributed by atoms with E-state index in [4.69, 9.17) is 0 Å². The van der Waals surface area contributed by atoms with E-state index in [2.05, 4.69) is 15.9 Å². The predicted molar refractivity (Wildman–Crippen MR) is 63.8 cm³/mol. The van der Waals surface area contributed by atoms with Crippen LogP contribution in [0.5, 0.6) is 0 Å². The fourth-order valence-corrected chi connectivity index (χ4v) is 3.21. The molecule has 0 aliphatic carbocycles. The van der Waals surface area contributed by atoms with Crippen LogP contribution in [-0.4, -0.2) is 18.2 Å². The van der Waals surface area contributed by atoms with E-state index in [0.717, 1.165) is 5.75 Å². The van der Waals surface area contributed by atoms with Gasteiger partial charge in [0.25, 0.3) is 0 Å². The lowest BCUT2D eigenvalue weighted by atomic mass is 10.1. The molecule has 2 rings (SSSR count). The molecule has 1 aromatic carbocycles. The summed E-state index contributed by atoms with van der Waals surface area (Å²) >= 11 is 4.62. The highest BCUT2D eigenvalue weighted by Gasteiger charge is 2.37. The number of rotatable bonds is 1. The van der Waals surface area contributed by atoms with E-state index in [-0.39, 0.29) is 10.2 Å². The number of benzene rings is 1. The molecule has 0 spiro atoms. The van der Waals surface area contributed by atoms with Crippen LogP contribution in [0.3, 0.4) is 0 Å². The summed E-state index contributed by atoms with van der Waals surface area (Å²) in [5.41, 5.74) is -0.302. The maximum Gasteiger partial charge on any atom is 0.419 e. The van der Waals surface area contributed by atoms with E-state index in [1.165, 1.54) is 12.1 Å². The van der Waals surface area contributed by atoms with Gasteiger partial charge in [-0.15, -0.1) is 11.8 Å². The predicted octanol–water partition coefficient (Wildman–Crippen LogP) is 3.98. The highest BCUT2D eigenvalue weighted by atomic mass is 79.9. The van der Waals surface area contributed by atoms with Crippen LogP contribution in [0.1, 0.15) is 5.56 Å². The van der Waals surface area contributed by atoms with E-state index >= 15 is 0 Å². The van der Waals surface area contributed by atoms with Crippen LogP contribution >= 0.6 is 27.7 Å². The molecule has 1 aliphatic rings. The highest BCUT2D eigenvalue weighted by Crippen LogP contribution is 2.42. The van der Waals surface area contributed by atoms with E-state index in [0.29, 0.717) is 12.4 Å². The van der Waals surface area contributed by atoms with Crippen LogP contribution in [-0.2, 0) is 6.18 Å². The Labute approximate surface area is 104 Å². The molecule has 1 nitrogen and oxygen atoms in total. The second-order valence-electron chi connectivity index (χ2n) is 3.43. The van der Waals surface area contributed by atoms with Crippen molar-refractivity contribution in [3.05, 3.63) is 28.2 Å². The van der Waals surface area contributed by atoms with E-state index in [1.54, 1.807) is 22.7 Å². The minimum absolute atomic E-state index is 0.106. The lowest BCUT2D eigenvalue weighted by molar-refractivity contribution is -0.137. The zero-order valence-electron chi connectivity index (χ0n) is 8.22. The smallest absolute Gasteiger partial charge is 0.361 e. The topological polar surface area (TPSA) is 3.24 Å². The Hall–Kier alpha value is -0.360. The van der Waals surface area contributed by atoms with Crippen LogP contribution in [0.25, 0.3) is 0 Å². The average Bonchev–Trinajstić information content (AvgIpc) is 2.67. The standard InChI is InChI=1S/C10H9BrF3NS/c11-7-2-1-3-8(9(7)10(12,13)14)15-4-5-16-6-15/h1-3H,4-6H2. The number of nitrogens with zero attached hydrogens (tertiary/aromatic N) is 1. The van der Waals surface area contributed by atoms with Crippen LogP contribution < -0.4 is 4.90 Å². The van der Waals surface area contributed by atoms with Crippen molar-refractivity contribution in [3.63, 3.8) is 0 Å². The highest BCUT2D eigenvalue weighted by molar-refractivity contribution is 9.10. The van der Waals surface area contributed by atoms with Gasteiger partial charge in [0.05, 0.1) is 17.1 Å². The van der Waals surface area contributed by atoms with E-state index < -0.39 is 11.7 Å². The second-order valence-corrected chi connectivity index (χ2v) is 5.36. The van der Waals surface area contributed by atoms with Crippen molar-refractivity contribution in [2.45, 2.75) is 6.18 Å². The molecule has 1 heterocycles. The molecule has 0 atom stereocenters. The zero-order chi connectivity index (χ0) is 11.8. The zero-order valence-corrected chi connectivity index (χ0v) is 10.6. The van der Waals surface area contributed by atoms with Crippen molar-refractivity contribution in [1.29, 1.82) is 0 Å². The van der Waals surface area contributed by atoms with Crippen molar-refractivity contribution < 1.29 is 13.2 Å². The Balaban J connectivity index is 2.47. The van der Waals surface area contributed by atoms with Gasteiger partial charge >= 0.3 is 6.18 Å². The van der Waals surface area contributed by atoms with Gasteiger partial charge in [0.1, 0.15) is 0 Å². The Morgan fingerprint density at radius 2 is 2.06 bits per heavy atom. The van der Waals surface area contributed by atoms with Crippen LogP contribution in [0.2, 0.25) is 0 Å². The molecule has 0 amide bonds. The van der Waals surface area contributed by atoms with E-state index in [1.807, 2.05) is 0 Å². The monoisotopic (exact) mass is 311 g/mol. The molecule has 6 heteroatoms. The molecular weight excluding hydrogens is 303 g/mol. The van der Waals surface area contributed by atoms with Crippen LogP contribution in [0.4, 0.5) is 18.9 Å². The quantitative estimate of drug-likeness (QED) is 0.772. The molecule has 1 aromatic rings. The molecule has 0 N–H and O–H groups in total. The first-order chi connectivity index (χ1) is 7.50. The van der Waals surface area contributed by atoms with Crippen molar-refractivity contribution >= 4 is 33.4 Å².